The Labute approximate surface area is 131 Å². The molecule has 2 heterocycles. The number of para-hydroxylation sites is 1. The van der Waals surface area contributed by atoms with E-state index in [0.717, 1.165) is 25.1 Å². The van der Waals surface area contributed by atoms with Gasteiger partial charge in [-0.05, 0) is 30.9 Å². The van der Waals surface area contributed by atoms with Gasteiger partial charge in [0.05, 0.1) is 18.1 Å². The molecule has 0 radical (unpaired) electrons. The minimum absolute atomic E-state index is 0.00111. The van der Waals surface area contributed by atoms with Gasteiger partial charge in [-0.3, -0.25) is 4.79 Å². The second kappa shape index (κ2) is 5.91. The highest BCUT2D eigenvalue weighted by Crippen LogP contribution is 2.26. The summed E-state index contributed by atoms with van der Waals surface area (Å²) in [5.74, 6) is 0.298. The molecule has 1 saturated heterocycles. The summed E-state index contributed by atoms with van der Waals surface area (Å²) < 4.78 is 23.1. The number of rotatable bonds is 3. The first-order valence-electron chi connectivity index (χ1n) is 7.75. The van der Waals surface area contributed by atoms with Crippen molar-refractivity contribution in [1.82, 2.24) is 4.90 Å². The predicted octanol–water partition coefficient (Wildman–Crippen LogP) is 1.08. The molecule has 1 fully saturated rings. The molecule has 0 spiro atoms. The van der Waals surface area contributed by atoms with E-state index in [1.165, 1.54) is 5.56 Å². The first-order chi connectivity index (χ1) is 10.5. The van der Waals surface area contributed by atoms with Gasteiger partial charge in [-0.1, -0.05) is 18.2 Å². The molecule has 22 heavy (non-hydrogen) atoms. The highest BCUT2D eigenvalue weighted by atomic mass is 32.2. The Morgan fingerprint density at radius 1 is 1.36 bits per heavy atom. The van der Waals surface area contributed by atoms with Crippen LogP contribution in [0.5, 0.6) is 0 Å². The molecule has 0 N–H and O–H groups in total. The average molecular weight is 322 g/mol. The quantitative estimate of drug-likeness (QED) is 0.836. The number of hydrogen-bond donors (Lipinski definition) is 0. The van der Waals surface area contributed by atoms with Crippen LogP contribution >= 0.6 is 0 Å². The number of sulfone groups is 1. The number of amides is 1. The molecular weight excluding hydrogens is 300 g/mol. The second-order valence-electron chi connectivity index (χ2n) is 6.22. The summed E-state index contributed by atoms with van der Waals surface area (Å²) in [5, 5.41) is 0. The summed E-state index contributed by atoms with van der Waals surface area (Å²) >= 11 is 0. The Morgan fingerprint density at radius 3 is 2.86 bits per heavy atom. The van der Waals surface area contributed by atoms with E-state index in [4.69, 9.17) is 0 Å². The van der Waals surface area contributed by atoms with Gasteiger partial charge in [0.15, 0.2) is 9.84 Å². The SMILES string of the molecule is CN(C(=O)CN1CCCc2ccccc21)[C@@H]1CCS(=O)(=O)C1. The second-order valence-corrected chi connectivity index (χ2v) is 8.44. The van der Waals surface area contributed by atoms with Crippen molar-refractivity contribution >= 4 is 21.4 Å². The minimum atomic E-state index is -2.96. The van der Waals surface area contributed by atoms with E-state index in [9.17, 15) is 13.2 Å². The van der Waals surface area contributed by atoms with Crippen LogP contribution in [0.15, 0.2) is 24.3 Å². The van der Waals surface area contributed by atoms with Gasteiger partial charge >= 0.3 is 0 Å². The van der Waals surface area contributed by atoms with Crippen molar-refractivity contribution in [3.63, 3.8) is 0 Å². The summed E-state index contributed by atoms with van der Waals surface area (Å²) in [6, 6.07) is 8.02. The maximum absolute atomic E-state index is 12.5. The Morgan fingerprint density at radius 2 is 2.14 bits per heavy atom. The number of aryl methyl sites for hydroxylation is 1. The van der Waals surface area contributed by atoms with Crippen LogP contribution in [0.3, 0.4) is 0 Å². The van der Waals surface area contributed by atoms with Crippen molar-refractivity contribution in [2.75, 3.05) is 36.5 Å². The highest BCUT2D eigenvalue weighted by molar-refractivity contribution is 7.91. The molecule has 1 atom stereocenters. The molecular formula is C16H22N2O3S. The van der Waals surface area contributed by atoms with Crippen molar-refractivity contribution in [3.05, 3.63) is 29.8 Å². The van der Waals surface area contributed by atoms with Crippen LogP contribution in [0, 0.1) is 0 Å². The molecule has 0 saturated carbocycles. The van der Waals surface area contributed by atoms with E-state index in [0.29, 0.717) is 13.0 Å². The van der Waals surface area contributed by atoms with Gasteiger partial charge in [0.2, 0.25) is 5.91 Å². The molecule has 5 nitrogen and oxygen atoms in total. The zero-order valence-electron chi connectivity index (χ0n) is 12.9. The molecule has 1 aromatic rings. The Hall–Kier alpha value is -1.56. The fourth-order valence-electron chi connectivity index (χ4n) is 3.34. The number of carbonyl (C=O) groups excluding carboxylic acids is 1. The fourth-order valence-corrected chi connectivity index (χ4v) is 5.11. The number of benzene rings is 1. The Kier molecular flexibility index (Phi) is 4.12. The number of fused-ring (bicyclic) bond motifs is 1. The molecule has 2 aliphatic rings. The molecule has 0 aliphatic carbocycles. The maximum atomic E-state index is 12.5. The molecule has 0 unspecified atom stereocenters. The Bertz CT molecular complexity index is 672. The van der Waals surface area contributed by atoms with Crippen molar-refractivity contribution in [2.45, 2.75) is 25.3 Å². The third-order valence-electron chi connectivity index (χ3n) is 4.68. The van der Waals surface area contributed by atoms with E-state index >= 15 is 0 Å². The number of carbonyl (C=O) groups is 1. The molecule has 3 rings (SSSR count). The normalized spacial score (nSPS) is 23.1. The molecule has 120 valence electrons. The van der Waals surface area contributed by atoms with E-state index < -0.39 is 9.84 Å². The standard InChI is InChI=1S/C16H22N2O3S/c1-17(14-8-10-22(20,21)12-14)16(19)11-18-9-4-6-13-5-2-3-7-15(13)18/h2-3,5,7,14H,4,6,8-12H2,1H3/t14-/m1/s1. The van der Waals surface area contributed by atoms with E-state index in [2.05, 4.69) is 17.0 Å². The number of anilines is 1. The van der Waals surface area contributed by atoms with Crippen LogP contribution in [0.2, 0.25) is 0 Å². The smallest absolute Gasteiger partial charge is 0.242 e. The number of nitrogens with zero attached hydrogens (tertiary/aromatic N) is 2. The van der Waals surface area contributed by atoms with Gasteiger partial charge in [-0.15, -0.1) is 0 Å². The summed E-state index contributed by atoms with van der Waals surface area (Å²) in [5.41, 5.74) is 2.42. The zero-order chi connectivity index (χ0) is 15.7. The first kappa shape index (κ1) is 15.3. The maximum Gasteiger partial charge on any atom is 0.242 e. The monoisotopic (exact) mass is 322 g/mol. The van der Waals surface area contributed by atoms with Crippen molar-refractivity contribution in [3.8, 4) is 0 Å². The molecule has 6 heteroatoms. The third kappa shape index (κ3) is 3.11. The van der Waals surface area contributed by atoms with Crippen molar-refractivity contribution < 1.29 is 13.2 Å². The molecule has 0 bridgehead atoms. The van der Waals surface area contributed by atoms with Gasteiger partial charge in [-0.2, -0.15) is 0 Å². The fraction of sp³-hybridized carbons (Fsp3) is 0.562. The van der Waals surface area contributed by atoms with Gasteiger partial charge in [0.1, 0.15) is 0 Å². The van der Waals surface area contributed by atoms with Crippen LogP contribution in [0.25, 0.3) is 0 Å². The van der Waals surface area contributed by atoms with Crippen LogP contribution in [0.1, 0.15) is 18.4 Å². The minimum Gasteiger partial charge on any atom is -0.362 e. The van der Waals surface area contributed by atoms with Crippen LogP contribution in [0.4, 0.5) is 5.69 Å². The zero-order valence-corrected chi connectivity index (χ0v) is 13.7. The topological polar surface area (TPSA) is 57.7 Å². The lowest BCUT2D eigenvalue weighted by atomic mass is 10.0. The average Bonchev–Trinajstić information content (AvgIpc) is 2.87. The summed E-state index contributed by atoms with van der Waals surface area (Å²) in [6.07, 6.45) is 2.66. The van der Waals surface area contributed by atoms with E-state index in [1.807, 2.05) is 12.1 Å². The van der Waals surface area contributed by atoms with Crippen LogP contribution in [-0.2, 0) is 21.1 Å². The first-order valence-corrected chi connectivity index (χ1v) is 9.57. The Balaban J connectivity index is 1.68. The molecule has 0 aromatic heterocycles. The lowest BCUT2D eigenvalue weighted by molar-refractivity contribution is -0.130. The number of hydrogen-bond acceptors (Lipinski definition) is 4. The highest BCUT2D eigenvalue weighted by Gasteiger charge is 2.33. The van der Waals surface area contributed by atoms with Crippen LogP contribution in [-0.4, -0.2) is 56.9 Å². The van der Waals surface area contributed by atoms with E-state index in [-0.39, 0.29) is 23.5 Å². The molecule has 1 aromatic carbocycles. The lowest BCUT2D eigenvalue weighted by Crippen LogP contribution is -2.45. The predicted molar refractivity (Wildman–Crippen MR) is 86.8 cm³/mol. The van der Waals surface area contributed by atoms with Crippen molar-refractivity contribution in [2.24, 2.45) is 0 Å². The van der Waals surface area contributed by atoms with E-state index in [1.54, 1.807) is 11.9 Å². The van der Waals surface area contributed by atoms with Crippen LogP contribution < -0.4 is 4.90 Å². The summed E-state index contributed by atoms with van der Waals surface area (Å²) in [6.45, 7) is 1.20. The summed E-state index contributed by atoms with van der Waals surface area (Å²) in [4.78, 5) is 16.2. The summed E-state index contributed by atoms with van der Waals surface area (Å²) in [7, 11) is -1.24. The van der Waals surface area contributed by atoms with Gasteiger partial charge < -0.3 is 9.80 Å². The van der Waals surface area contributed by atoms with Gasteiger partial charge in [0.25, 0.3) is 0 Å². The molecule has 1 amide bonds. The van der Waals surface area contributed by atoms with Crippen molar-refractivity contribution in [1.29, 1.82) is 0 Å². The third-order valence-corrected chi connectivity index (χ3v) is 6.43. The number of likely N-dealkylation sites (N-methyl/N-ethyl adjacent to an activating group) is 1. The van der Waals surface area contributed by atoms with Gasteiger partial charge in [-0.25, -0.2) is 8.42 Å². The largest absolute Gasteiger partial charge is 0.362 e. The molecule has 2 aliphatic heterocycles. The lowest BCUT2D eigenvalue weighted by Gasteiger charge is -2.33. The van der Waals surface area contributed by atoms with Gasteiger partial charge in [0, 0.05) is 25.3 Å².